The molecule has 2 aliphatic heterocycles. The lowest BCUT2D eigenvalue weighted by Crippen LogP contribution is -2.64. The van der Waals surface area contributed by atoms with Crippen LogP contribution in [0.4, 0.5) is 0 Å². The second kappa shape index (κ2) is 8.57. The van der Waals surface area contributed by atoms with E-state index in [9.17, 15) is 19.2 Å². The van der Waals surface area contributed by atoms with E-state index < -0.39 is 35.0 Å². The molecule has 5 atom stereocenters. The number of methoxy groups -OCH3 is 1. The lowest BCUT2D eigenvalue weighted by Gasteiger charge is -2.39. The van der Waals surface area contributed by atoms with Crippen molar-refractivity contribution in [1.82, 2.24) is 16.0 Å². The van der Waals surface area contributed by atoms with Crippen LogP contribution in [0.15, 0.2) is 0 Å². The minimum absolute atomic E-state index is 0.0878. The van der Waals surface area contributed by atoms with Crippen LogP contribution in [0.5, 0.6) is 0 Å². The maximum Gasteiger partial charge on any atom is 0.287 e. The molecule has 0 aromatic rings. The molecule has 3 fully saturated rings. The molecule has 0 radical (unpaired) electrons. The molecule has 1 aliphatic carbocycles. The largest absolute Gasteiger partial charge is 0.383 e. The molecular weight excluding hydrogens is 364 g/mol. The SMILES string of the molecule is COCCNC(=O)C(=O)[C@@H](C[C@H]1CCNC1=O)C1(C(N)=O)NCC2CCCC21. The first kappa shape index (κ1) is 20.7. The molecule has 3 unspecified atom stereocenters. The molecule has 0 spiro atoms. The van der Waals surface area contributed by atoms with E-state index in [1.165, 1.54) is 7.11 Å². The van der Waals surface area contributed by atoms with E-state index in [1.54, 1.807) is 0 Å². The molecule has 156 valence electrons. The van der Waals surface area contributed by atoms with Crippen LogP contribution in [0.1, 0.15) is 32.1 Å². The highest BCUT2D eigenvalue weighted by Gasteiger charge is 2.61. The maximum atomic E-state index is 13.2. The van der Waals surface area contributed by atoms with E-state index in [0.717, 1.165) is 19.3 Å². The molecule has 3 rings (SSSR count). The lowest BCUT2D eigenvalue weighted by molar-refractivity contribution is -0.146. The van der Waals surface area contributed by atoms with Gasteiger partial charge >= 0.3 is 0 Å². The number of nitrogens with two attached hydrogens (primary N) is 1. The van der Waals surface area contributed by atoms with Crippen molar-refractivity contribution in [1.29, 1.82) is 0 Å². The van der Waals surface area contributed by atoms with Crippen molar-refractivity contribution < 1.29 is 23.9 Å². The van der Waals surface area contributed by atoms with Crippen molar-refractivity contribution >= 4 is 23.5 Å². The van der Waals surface area contributed by atoms with Gasteiger partial charge in [-0.3, -0.25) is 19.2 Å². The summed E-state index contributed by atoms with van der Waals surface area (Å²) >= 11 is 0. The third-order valence-corrected chi connectivity index (χ3v) is 6.67. The number of ketones is 1. The van der Waals surface area contributed by atoms with Crippen LogP contribution >= 0.6 is 0 Å². The molecule has 3 amide bonds. The average Bonchev–Trinajstić information content (AvgIpc) is 3.36. The van der Waals surface area contributed by atoms with Gasteiger partial charge in [-0.25, -0.2) is 0 Å². The summed E-state index contributed by atoms with van der Waals surface area (Å²) in [7, 11) is 1.50. The Bertz CT molecular complexity index is 654. The van der Waals surface area contributed by atoms with Crippen LogP contribution in [-0.4, -0.2) is 62.4 Å². The Morgan fingerprint density at radius 2 is 2.11 bits per heavy atom. The summed E-state index contributed by atoms with van der Waals surface area (Å²) < 4.78 is 4.90. The van der Waals surface area contributed by atoms with E-state index in [0.29, 0.717) is 19.5 Å². The molecule has 1 saturated carbocycles. The molecule has 2 saturated heterocycles. The number of primary amides is 1. The summed E-state index contributed by atoms with van der Waals surface area (Å²) in [4.78, 5) is 50.6. The molecule has 28 heavy (non-hydrogen) atoms. The van der Waals surface area contributed by atoms with Gasteiger partial charge in [0.05, 0.1) is 12.5 Å². The number of amides is 3. The maximum absolute atomic E-state index is 13.2. The number of carbonyl (C=O) groups excluding carboxylic acids is 4. The van der Waals surface area contributed by atoms with E-state index >= 15 is 0 Å². The highest BCUT2D eigenvalue weighted by atomic mass is 16.5. The van der Waals surface area contributed by atoms with Gasteiger partial charge in [0, 0.05) is 26.1 Å². The quantitative estimate of drug-likeness (QED) is 0.283. The fourth-order valence-electron chi connectivity index (χ4n) is 5.30. The Morgan fingerprint density at radius 1 is 1.32 bits per heavy atom. The summed E-state index contributed by atoms with van der Waals surface area (Å²) in [6.45, 7) is 1.60. The summed E-state index contributed by atoms with van der Waals surface area (Å²) in [5.41, 5.74) is 4.57. The van der Waals surface area contributed by atoms with Crippen molar-refractivity contribution in [2.45, 2.75) is 37.6 Å². The summed E-state index contributed by atoms with van der Waals surface area (Å²) in [6, 6.07) is 0. The zero-order valence-electron chi connectivity index (χ0n) is 16.3. The second-order valence-electron chi connectivity index (χ2n) is 8.09. The minimum Gasteiger partial charge on any atom is -0.383 e. The van der Waals surface area contributed by atoms with Gasteiger partial charge in [0.1, 0.15) is 5.54 Å². The van der Waals surface area contributed by atoms with Crippen molar-refractivity contribution in [3.8, 4) is 0 Å². The minimum atomic E-state index is -1.28. The first-order chi connectivity index (χ1) is 13.4. The molecule has 0 bridgehead atoms. The summed E-state index contributed by atoms with van der Waals surface area (Å²) in [6.07, 6.45) is 3.44. The van der Waals surface area contributed by atoms with Crippen LogP contribution in [-0.2, 0) is 23.9 Å². The zero-order valence-corrected chi connectivity index (χ0v) is 16.3. The summed E-state index contributed by atoms with van der Waals surface area (Å²) in [5, 5.41) is 8.54. The molecule has 9 nitrogen and oxygen atoms in total. The monoisotopic (exact) mass is 394 g/mol. The van der Waals surface area contributed by atoms with Crippen molar-refractivity contribution in [3.63, 3.8) is 0 Å². The van der Waals surface area contributed by atoms with Gasteiger partial charge in [-0.2, -0.15) is 0 Å². The van der Waals surface area contributed by atoms with Crippen LogP contribution in [0.25, 0.3) is 0 Å². The lowest BCUT2D eigenvalue weighted by atomic mass is 9.67. The number of nitrogens with one attached hydrogen (secondary N) is 3. The Labute approximate surface area is 164 Å². The fourth-order valence-corrected chi connectivity index (χ4v) is 5.30. The Morgan fingerprint density at radius 3 is 2.75 bits per heavy atom. The number of hydrogen-bond acceptors (Lipinski definition) is 6. The molecule has 3 aliphatic rings. The Hall–Kier alpha value is -2.00. The first-order valence-corrected chi connectivity index (χ1v) is 10.1. The van der Waals surface area contributed by atoms with Gasteiger partial charge in [-0.05, 0) is 44.1 Å². The molecular formula is C19H30N4O5. The third-order valence-electron chi connectivity index (χ3n) is 6.67. The van der Waals surface area contributed by atoms with E-state index in [-0.39, 0.29) is 37.3 Å². The van der Waals surface area contributed by atoms with Gasteiger partial charge in [0.15, 0.2) is 0 Å². The number of Topliss-reactive ketones (excluding diaryl/α,β-unsaturated/α-hetero) is 1. The number of hydrogen-bond donors (Lipinski definition) is 4. The van der Waals surface area contributed by atoms with Gasteiger partial charge in [0.2, 0.25) is 17.6 Å². The van der Waals surface area contributed by atoms with Crippen LogP contribution < -0.4 is 21.7 Å². The highest BCUT2D eigenvalue weighted by Crippen LogP contribution is 2.48. The van der Waals surface area contributed by atoms with E-state index in [1.807, 2.05) is 0 Å². The first-order valence-electron chi connectivity index (χ1n) is 10.1. The molecule has 0 aromatic heterocycles. The predicted octanol–water partition coefficient (Wildman–Crippen LogP) is -1.30. The molecule has 2 heterocycles. The Balaban J connectivity index is 1.90. The predicted molar refractivity (Wildman–Crippen MR) is 99.9 cm³/mol. The zero-order chi connectivity index (χ0) is 20.3. The smallest absolute Gasteiger partial charge is 0.287 e. The van der Waals surface area contributed by atoms with Gasteiger partial charge < -0.3 is 26.4 Å². The number of ether oxygens (including phenoxy) is 1. The Kier molecular flexibility index (Phi) is 6.34. The van der Waals surface area contributed by atoms with Crippen molar-refractivity contribution in [3.05, 3.63) is 0 Å². The molecule has 9 heteroatoms. The number of fused-ring (bicyclic) bond motifs is 1. The average molecular weight is 394 g/mol. The molecule has 5 N–H and O–H groups in total. The van der Waals surface area contributed by atoms with Gasteiger partial charge in [-0.1, -0.05) is 6.42 Å². The van der Waals surface area contributed by atoms with Gasteiger partial charge in [0.25, 0.3) is 5.91 Å². The normalized spacial score (nSPS) is 32.6. The van der Waals surface area contributed by atoms with E-state index in [4.69, 9.17) is 10.5 Å². The second-order valence-corrected chi connectivity index (χ2v) is 8.09. The van der Waals surface area contributed by atoms with Crippen LogP contribution in [0.2, 0.25) is 0 Å². The van der Waals surface area contributed by atoms with Crippen LogP contribution in [0.3, 0.4) is 0 Å². The third kappa shape index (κ3) is 3.65. The summed E-state index contributed by atoms with van der Waals surface area (Å²) in [5.74, 6) is -3.39. The number of carbonyl (C=O) groups is 4. The molecule has 0 aromatic carbocycles. The van der Waals surface area contributed by atoms with Crippen LogP contribution in [0, 0.1) is 23.7 Å². The topological polar surface area (TPSA) is 140 Å². The highest BCUT2D eigenvalue weighted by molar-refractivity contribution is 6.37. The van der Waals surface area contributed by atoms with Gasteiger partial charge in [-0.15, -0.1) is 0 Å². The van der Waals surface area contributed by atoms with E-state index in [2.05, 4.69) is 16.0 Å². The standard InChI is InChI=1S/C19H30N4O5/c1-28-8-7-22-17(26)15(24)14(9-11-5-6-21-16(11)25)19(18(20)27)13-4-2-3-12(13)10-23-19/h11-14,23H,2-10H2,1H3,(H2,20,27)(H,21,25)(H,22,26)/t11-,12?,13?,14-,19?/m1/s1. The number of rotatable bonds is 9. The fraction of sp³-hybridized carbons (Fsp3) is 0.789. The van der Waals surface area contributed by atoms with Crippen molar-refractivity contribution in [2.75, 3.05) is 33.4 Å². The van der Waals surface area contributed by atoms with Crippen molar-refractivity contribution in [2.24, 2.45) is 29.4 Å².